The summed E-state index contributed by atoms with van der Waals surface area (Å²) in [7, 11) is 0. The van der Waals surface area contributed by atoms with Crippen LogP contribution in [-0.2, 0) is 11.2 Å². The van der Waals surface area contributed by atoms with Gasteiger partial charge in [-0.15, -0.1) is 11.3 Å². The molecule has 1 unspecified atom stereocenters. The number of morpholine rings is 1. The van der Waals surface area contributed by atoms with Gasteiger partial charge in [0.1, 0.15) is 0 Å². The van der Waals surface area contributed by atoms with Crippen LogP contribution in [0.5, 0.6) is 0 Å². The quantitative estimate of drug-likeness (QED) is 0.461. The number of aliphatic imine (C=N–C) groups is 1. The molecule has 7 nitrogen and oxygen atoms in total. The molecule has 1 aromatic heterocycles. The molecule has 25 heavy (non-hydrogen) atoms. The highest BCUT2D eigenvalue weighted by Crippen LogP contribution is 2.11. The van der Waals surface area contributed by atoms with Crippen LogP contribution >= 0.6 is 11.3 Å². The number of β-amino-alcohol motifs (C(OH)–C–C–N with tert-alkyl or cyclic N) is 1. The Balaban J connectivity index is 1.80. The Hall–Kier alpha value is -1.22. The van der Waals surface area contributed by atoms with Crippen LogP contribution < -0.4 is 10.6 Å². The van der Waals surface area contributed by atoms with Crippen LogP contribution in [0.2, 0.25) is 0 Å². The van der Waals surface area contributed by atoms with E-state index in [1.54, 1.807) is 11.3 Å². The van der Waals surface area contributed by atoms with Gasteiger partial charge in [-0.3, -0.25) is 9.89 Å². The Labute approximate surface area is 154 Å². The minimum absolute atomic E-state index is 0.357. The smallest absolute Gasteiger partial charge is 0.191 e. The van der Waals surface area contributed by atoms with E-state index < -0.39 is 5.60 Å². The normalized spacial score (nSPS) is 18.8. The van der Waals surface area contributed by atoms with Crippen molar-refractivity contribution in [3.8, 4) is 0 Å². The lowest BCUT2D eigenvalue weighted by Gasteiger charge is -2.33. The van der Waals surface area contributed by atoms with Crippen molar-refractivity contribution in [2.24, 2.45) is 4.99 Å². The molecular weight excluding hydrogens is 338 g/mol. The lowest BCUT2D eigenvalue weighted by atomic mass is 10.1. The molecule has 2 rings (SSSR count). The second-order valence-electron chi connectivity index (χ2n) is 6.62. The average Bonchev–Trinajstić information content (AvgIpc) is 2.98. The van der Waals surface area contributed by atoms with Crippen molar-refractivity contribution in [1.82, 2.24) is 20.5 Å². The summed E-state index contributed by atoms with van der Waals surface area (Å²) in [5.41, 5.74) is -0.855. The first kappa shape index (κ1) is 20.1. The average molecular weight is 370 g/mol. The fourth-order valence-corrected chi connectivity index (χ4v) is 3.47. The number of ether oxygens (including phenoxy) is 1. The minimum atomic E-state index is -0.855. The Morgan fingerprint density at radius 2 is 2.20 bits per heavy atom. The molecule has 0 amide bonds. The van der Waals surface area contributed by atoms with Gasteiger partial charge in [0, 0.05) is 50.2 Å². The summed E-state index contributed by atoms with van der Waals surface area (Å²) in [4.78, 5) is 12.4. The zero-order valence-corrected chi connectivity index (χ0v) is 16.4. The lowest BCUT2D eigenvalue weighted by Crippen LogP contribution is -2.48. The summed E-state index contributed by atoms with van der Waals surface area (Å²) in [6, 6.07) is 0. The molecule has 1 fully saturated rings. The molecule has 1 atom stereocenters. The van der Waals surface area contributed by atoms with E-state index in [2.05, 4.69) is 32.4 Å². The first-order chi connectivity index (χ1) is 12.0. The van der Waals surface area contributed by atoms with Crippen LogP contribution in [0.15, 0.2) is 11.2 Å². The molecule has 1 saturated heterocycles. The van der Waals surface area contributed by atoms with Crippen molar-refractivity contribution >= 4 is 17.3 Å². The zero-order valence-electron chi connectivity index (χ0n) is 15.5. The van der Waals surface area contributed by atoms with Gasteiger partial charge in [-0.05, 0) is 20.8 Å². The first-order valence-electron chi connectivity index (χ1n) is 8.94. The second-order valence-corrected chi connectivity index (χ2v) is 7.94. The van der Waals surface area contributed by atoms with E-state index in [1.165, 1.54) is 4.88 Å². The number of aromatic nitrogens is 1. The predicted octanol–water partition coefficient (Wildman–Crippen LogP) is 0.632. The van der Waals surface area contributed by atoms with E-state index in [0.29, 0.717) is 13.1 Å². The van der Waals surface area contributed by atoms with Crippen LogP contribution in [0.25, 0.3) is 0 Å². The summed E-state index contributed by atoms with van der Waals surface area (Å²) < 4.78 is 5.35. The highest BCUT2D eigenvalue weighted by molar-refractivity contribution is 7.11. The number of hydrogen-bond donors (Lipinski definition) is 3. The van der Waals surface area contributed by atoms with Gasteiger partial charge in [0.05, 0.1) is 30.4 Å². The van der Waals surface area contributed by atoms with Gasteiger partial charge in [0.25, 0.3) is 0 Å². The van der Waals surface area contributed by atoms with Gasteiger partial charge in [-0.1, -0.05) is 0 Å². The first-order valence-corrected chi connectivity index (χ1v) is 9.76. The summed E-state index contributed by atoms with van der Waals surface area (Å²) in [6.45, 7) is 11.7. The van der Waals surface area contributed by atoms with E-state index in [0.717, 1.165) is 56.8 Å². The second kappa shape index (κ2) is 10.1. The minimum Gasteiger partial charge on any atom is -0.387 e. The van der Waals surface area contributed by atoms with E-state index in [9.17, 15) is 5.11 Å². The van der Waals surface area contributed by atoms with Crippen LogP contribution in [0.4, 0.5) is 0 Å². The summed E-state index contributed by atoms with van der Waals surface area (Å²) in [6.07, 6.45) is 2.77. The number of guanidine groups is 1. The lowest BCUT2D eigenvalue weighted by molar-refractivity contribution is -0.0179. The Morgan fingerprint density at radius 1 is 1.44 bits per heavy atom. The van der Waals surface area contributed by atoms with E-state index >= 15 is 0 Å². The fourth-order valence-electron chi connectivity index (χ4n) is 2.69. The molecule has 8 heteroatoms. The fraction of sp³-hybridized carbons (Fsp3) is 0.765. The van der Waals surface area contributed by atoms with Crippen molar-refractivity contribution in [3.05, 3.63) is 16.1 Å². The molecule has 1 aromatic rings. The van der Waals surface area contributed by atoms with E-state index in [4.69, 9.17) is 4.74 Å². The van der Waals surface area contributed by atoms with Gasteiger partial charge in [-0.2, -0.15) is 0 Å². The Kier molecular flexibility index (Phi) is 8.08. The van der Waals surface area contributed by atoms with Crippen LogP contribution in [0, 0.1) is 6.92 Å². The maximum Gasteiger partial charge on any atom is 0.191 e. The number of aliphatic hydroxyl groups is 1. The summed E-state index contributed by atoms with van der Waals surface area (Å²) >= 11 is 1.72. The van der Waals surface area contributed by atoms with Gasteiger partial charge in [-0.25, -0.2) is 4.98 Å². The number of thiazole rings is 1. The maximum atomic E-state index is 10.6. The standard InChI is InChI=1S/C17H31N5O2S/c1-4-18-16(19-6-5-15-20-11-14(2)25-15)21-12-17(3,23)13-22-7-9-24-10-8-22/h11,23H,4-10,12-13H2,1-3H3,(H2,18,19,21). The number of nitrogens with zero attached hydrogens (tertiary/aromatic N) is 3. The molecular formula is C17H31N5O2S. The Morgan fingerprint density at radius 3 is 2.84 bits per heavy atom. The molecule has 1 aliphatic heterocycles. The Bertz CT molecular complexity index is 541. The van der Waals surface area contributed by atoms with Gasteiger partial charge in [0.2, 0.25) is 0 Å². The van der Waals surface area contributed by atoms with Crippen LogP contribution in [-0.4, -0.2) is 79.0 Å². The third-order valence-corrected chi connectivity index (χ3v) is 4.86. The maximum absolute atomic E-state index is 10.6. The highest BCUT2D eigenvalue weighted by Gasteiger charge is 2.25. The van der Waals surface area contributed by atoms with Crippen molar-refractivity contribution < 1.29 is 9.84 Å². The predicted molar refractivity (Wildman–Crippen MR) is 102 cm³/mol. The topological polar surface area (TPSA) is 82.0 Å². The van der Waals surface area contributed by atoms with Gasteiger partial charge < -0.3 is 20.5 Å². The summed E-state index contributed by atoms with van der Waals surface area (Å²) in [5.74, 6) is 0.734. The van der Waals surface area contributed by atoms with Gasteiger partial charge >= 0.3 is 0 Å². The molecule has 0 saturated carbocycles. The van der Waals surface area contributed by atoms with E-state index in [-0.39, 0.29) is 0 Å². The molecule has 0 aromatic carbocycles. The van der Waals surface area contributed by atoms with Crippen LogP contribution in [0.1, 0.15) is 23.7 Å². The third kappa shape index (κ3) is 7.68. The number of hydrogen-bond acceptors (Lipinski definition) is 6. The van der Waals surface area contributed by atoms with Crippen molar-refractivity contribution in [3.63, 3.8) is 0 Å². The molecule has 142 valence electrons. The number of rotatable bonds is 8. The van der Waals surface area contributed by atoms with Crippen molar-refractivity contribution in [2.75, 3.05) is 52.5 Å². The molecule has 3 N–H and O–H groups in total. The third-order valence-electron chi connectivity index (χ3n) is 3.89. The molecule has 2 heterocycles. The molecule has 0 spiro atoms. The SMILES string of the molecule is CCNC(=NCC(C)(O)CN1CCOCC1)NCCc1ncc(C)s1. The monoisotopic (exact) mass is 369 g/mol. The molecule has 0 radical (unpaired) electrons. The largest absolute Gasteiger partial charge is 0.387 e. The zero-order chi connectivity index (χ0) is 18.1. The van der Waals surface area contributed by atoms with Crippen molar-refractivity contribution in [1.29, 1.82) is 0 Å². The highest BCUT2D eigenvalue weighted by atomic mass is 32.1. The van der Waals surface area contributed by atoms with E-state index in [1.807, 2.05) is 20.0 Å². The summed E-state index contributed by atoms with van der Waals surface area (Å²) in [5, 5.41) is 18.3. The molecule has 0 aliphatic carbocycles. The van der Waals surface area contributed by atoms with Crippen LogP contribution in [0.3, 0.4) is 0 Å². The van der Waals surface area contributed by atoms with Gasteiger partial charge in [0.15, 0.2) is 5.96 Å². The number of nitrogens with one attached hydrogen (secondary N) is 2. The number of aryl methyl sites for hydroxylation is 1. The molecule has 1 aliphatic rings. The molecule has 0 bridgehead atoms. The van der Waals surface area contributed by atoms with Crippen molar-refractivity contribution in [2.45, 2.75) is 32.8 Å².